The van der Waals surface area contributed by atoms with Crippen molar-refractivity contribution in [2.24, 2.45) is 0 Å². The normalized spacial score (nSPS) is 11.9. The van der Waals surface area contributed by atoms with Gasteiger partial charge in [0.1, 0.15) is 59.3 Å². The van der Waals surface area contributed by atoms with E-state index in [1.165, 1.54) is 12.1 Å². The van der Waals surface area contributed by atoms with E-state index in [2.05, 4.69) is 10.3 Å². The van der Waals surface area contributed by atoms with Gasteiger partial charge in [0, 0.05) is 35.4 Å². The number of benzene rings is 4. The molecule has 3 aromatic heterocycles. The topological polar surface area (TPSA) is 128 Å². The number of fused-ring (bicyclic) bond motifs is 2. The number of aromatic nitrogens is 3. The summed E-state index contributed by atoms with van der Waals surface area (Å²) in [6.07, 6.45) is 1.37. The SMILES string of the molecule is CC(OCCOc1ccc2c(=O)cc(-c3ccccc3)oc2c1)n1cc(COCCOc2ccc3c(=O)cc(-c4ccccc4)oc3c2)nn1. The van der Waals surface area contributed by atoms with Gasteiger partial charge in [0.05, 0.1) is 36.8 Å². The van der Waals surface area contributed by atoms with Gasteiger partial charge in [-0.1, -0.05) is 65.9 Å². The molecular formula is C39H33N3O8. The molecule has 0 N–H and O–H groups in total. The van der Waals surface area contributed by atoms with E-state index in [4.69, 9.17) is 27.8 Å². The zero-order chi connectivity index (χ0) is 34.3. The number of rotatable bonds is 14. The van der Waals surface area contributed by atoms with Gasteiger partial charge in [-0.3, -0.25) is 9.59 Å². The highest BCUT2D eigenvalue weighted by Crippen LogP contribution is 2.26. The van der Waals surface area contributed by atoms with E-state index in [9.17, 15) is 9.59 Å². The van der Waals surface area contributed by atoms with Crippen LogP contribution < -0.4 is 20.3 Å². The van der Waals surface area contributed by atoms with Crippen LogP contribution in [-0.4, -0.2) is 41.4 Å². The van der Waals surface area contributed by atoms with Crippen LogP contribution in [0.5, 0.6) is 11.5 Å². The van der Waals surface area contributed by atoms with Crippen molar-refractivity contribution in [3.63, 3.8) is 0 Å². The molecule has 0 bridgehead atoms. The first-order valence-corrected chi connectivity index (χ1v) is 16.1. The molecule has 50 heavy (non-hydrogen) atoms. The van der Waals surface area contributed by atoms with Crippen LogP contribution in [0.3, 0.4) is 0 Å². The summed E-state index contributed by atoms with van der Waals surface area (Å²) >= 11 is 0. The molecule has 0 saturated heterocycles. The molecule has 1 atom stereocenters. The Morgan fingerprint density at radius 1 is 0.660 bits per heavy atom. The molecule has 0 aliphatic carbocycles. The largest absolute Gasteiger partial charge is 0.491 e. The van der Waals surface area contributed by atoms with E-state index >= 15 is 0 Å². The number of nitrogens with zero attached hydrogens (tertiary/aromatic N) is 3. The van der Waals surface area contributed by atoms with Gasteiger partial charge in [-0.2, -0.15) is 0 Å². The first kappa shape index (κ1) is 32.5. The lowest BCUT2D eigenvalue weighted by Gasteiger charge is -2.13. The lowest BCUT2D eigenvalue weighted by molar-refractivity contribution is -0.00733. The lowest BCUT2D eigenvalue weighted by Crippen LogP contribution is -2.15. The van der Waals surface area contributed by atoms with Crippen molar-refractivity contribution in [3.8, 4) is 34.1 Å². The monoisotopic (exact) mass is 671 g/mol. The summed E-state index contributed by atoms with van der Waals surface area (Å²) in [5.74, 6) is 2.14. The van der Waals surface area contributed by atoms with Crippen molar-refractivity contribution in [2.75, 3.05) is 26.4 Å². The molecule has 252 valence electrons. The molecule has 0 radical (unpaired) electrons. The zero-order valence-electron chi connectivity index (χ0n) is 27.2. The fourth-order valence-electron chi connectivity index (χ4n) is 5.35. The average molecular weight is 672 g/mol. The number of hydrogen-bond donors (Lipinski definition) is 0. The average Bonchev–Trinajstić information content (AvgIpc) is 3.63. The molecule has 11 heteroatoms. The standard InChI is InChI=1S/C39H33N3O8/c1-26(46-18-19-48-31-13-15-33-35(44)23-37(50-39(33)21-31)28-10-6-3-7-11-28)42-24-29(40-41-42)25-45-16-17-47-30-12-14-32-34(43)22-36(49-38(32)20-30)27-8-4-2-5-9-27/h2-15,20-24,26H,16-19,25H2,1H3. The van der Waals surface area contributed by atoms with Gasteiger partial charge in [0.15, 0.2) is 10.9 Å². The predicted octanol–water partition coefficient (Wildman–Crippen LogP) is 7.03. The van der Waals surface area contributed by atoms with Gasteiger partial charge in [-0.15, -0.1) is 5.10 Å². The van der Waals surface area contributed by atoms with E-state index in [1.807, 2.05) is 67.6 Å². The minimum absolute atomic E-state index is 0.114. The third-order valence-electron chi connectivity index (χ3n) is 7.91. The van der Waals surface area contributed by atoms with Crippen LogP contribution in [0.15, 0.2) is 134 Å². The molecule has 11 nitrogen and oxygen atoms in total. The van der Waals surface area contributed by atoms with Crippen LogP contribution in [0.1, 0.15) is 18.8 Å². The summed E-state index contributed by atoms with van der Waals surface area (Å²) in [6.45, 7) is 3.28. The predicted molar refractivity (Wildman–Crippen MR) is 187 cm³/mol. The number of hydrogen-bond acceptors (Lipinski definition) is 10. The summed E-state index contributed by atoms with van der Waals surface area (Å²) in [6, 6.07) is 32.3. The summed E-state index contributed by atoms with van der Waals surface area (Å²) in [5, 5.41) is 9.29. The molecule has 0 saturated carbocycles. The minimum atomic E-state index is -0.387. The third kappa shape index (κ3) is 7.64. The molecule has 3 heterocycles. The molecular weight excluding hydrogens is 638 g/mol. The zero-order valence-corrected chi connectivity index (χ0v) is 27.2. The van der Waals surface area contributed by atoms with Crippen molar-refractivity contribution in [1.82, 2.24) is 15.0 Å². The summed E-state index contributed by atoms with van der Waals surface area (Å²) in [4.78, 5) is 25.2. The molecule has 0 aliphatic rings. The van der Waals surface area contributed by atoms with E-state index in [0.29, 0.717) is 70.5 Å². The smallest absolute Gasteiger partial charge is 0.193 e. The fourth-order valence-corrected chi connectivity index (χ4v) is 5.35. The van der Waals surface area contributed by atoms with Gasteiger partial charge >= 0.3 is 0 Å². The van der Waals surface area contributed by atoms with E-state index in [1.54, 1.807) is 47.3 Å². The Hall–Kier alpha value is -6.04. The van der Waals surface area contributed by atoms with Crippen molar-refractivity contribution in [3.05, 3.63) is 142 Å². The Balaban J connectivity index is 0.850. The van der Waals surface area contributed by atoms with Gasteiger partial charge in [-0.05, 0) is 31.2 Å². The van der Waals surface area contributed by atoms with Crippen molar-refractivity contribution in [2.45, 2.75) is 19.8 Å². The van der Waals surface area contributed by atoms with E-state index < -0.39 is 0 Å². The Morgan fingerprint density at radius 3 is 1.76 bits per heavy atom. The Bertz CT molecular complexity index is 2330. The highest BCUT2D eigenvalue weighted by Gasteiger charge is 2.12. The Kier molecular flexibility index (Phi) is 9.77. The maximum Gasteiger partial charge on any atom is 0.193 e. The van der Waals surface area contributed by atoms with Crippen LogP contribution in [0, 0.1) is 0 Å². The molecule has 1 unspecified atom stereocenters. The first-order valence-electron chi connectivity index (χ1n) is 16.1. The number of ether oxygens (including phenoxy) is 4. The van der Waals surface area contributed by atoms with Crippen molar-refractivity contribution >= 4 is 21.9 Å². The van der Waals surface area contributed by atoms with E-state index in [-0.39, 0.29) is 30.3 Å². The minimum Gasteiger partial charge on any atom is -0.491 e. The van der Waals surface area contributed by atoms with Crippen LogP contribution in [-0.2, 0) is 16.1 Å². The third-order valence-corrected chi connectivity index (χ3v) is 7.91. The Morgan fingerprint density at radius 2 is 1.20 bits per heavy atom. The quantitative estimate of drug-likeness (QED) is 0.111. The van der Waals surface area contributed by atoms with E-state index in [0.717, 1.165) is 11.1 Å². The molecule has 0 aliphatic heterocycles. The Labute approximate surface area is 286 Å². The highest BCUT2D eigenvalue weighted by atomic mass is 16.5. The lowest BCUT2D eigenvalue weighted by atomic mass is 10.1. The summed E-state index contributed by atoms with van der Waals surface area (Å²) in [7, 11) is 0. The maximum atomic E-state index is 12.6. The highest BCUT2D eigenvalue weighted by molar-refractivity contribution is 5.81. The molecule has 0 fully saturated rings. The van der Waals surface area contributed by atoms with Crippen LogP contribution in [0.4, 0.5) is 0 Å². The van der Waals surface area contributed by atoms with Crippen LogP contribution in [0.25, 0.3) is 44.6 Å². The van der Waals surface area contributed by atoms with Crippen molar-refractivity contribution < 1.29 is 27.8 Å². The molecule has 0 spiro atoms. The maximum absolute atomic E-state index is 12.6. The van der Waals surface area contributed by atoms with Crippen molar-refractivity contribution in [1.29, 1.82) is 0 Å². The van der Waals surface area contributed by atoms with Gasteiger partial charge < -0.3 is 27.8 Å². The summed E-state index contributed by atoms with van der Waals surface area (Å²) in [5.41, 5.74) is 2.97. The molecule has 7 rings (SSSR count). The second-order valence-corrected chi connectivity index (χ2v) is 11.4. The van der Waals surface area contributed by atoms with Gasteiger partial charge in [0.2, 0.25) is 0 Å². The fraction of sp³-hybridized carbons (Fsp3) is 0.179. The van der Waals surface area contributed by atoms with Crippen LogP contribution >= 0.6 is 0 Å². The van der Waals surface area contributed by atoms with Crippen LogP contribution in [0.2, 0.25) is 0 Å². The second-order valence-electron chi connectivity index (χ2n) is 11.4. The molecule has 4 aromatic carbocycles. The summed E-state index contributed by atoms with van der Waals surface area (Å²) < 4.78 is 36.9. The second kappa shape index (κ2) is 15.0. The van der Waals surface area contributed by atoms with Gasteiger partial charge in [0.25, 0.3) is 0 Å². The molecule has 7 aromatic rings. The first-order chi connectivity index (χ1) is 24.5. The molecule has 0 amide bonds. The van der Waals surface area contributed by atoms with Gasteiger partial charge in [-0.25, -0.2) is 4.68 Å².